The molecule has 1 N–H and O–H groups in total. The molecule has 2 aromatic rings. The van der Waals surface area contributed by atoms with Gasteiger partial charge in [-0.25, -0.2) is 0 Å². The molecule has 1 atom stereocenters. The highest BCUT2D eigenvalue weighted by molar-refractivity contribution is 7.08. The Bertz CT molecular complexity index is 544. The third-order valence-corrected chi connectivity index (χ3v) is 3.84. The fourth-order valence-corrected chi connectivity index (χ4v) is 2.79. The van der Waals surface area contributed by atoms with Crippen LogP contribution in [0, 0.1) is 0 Å². The molecule has 0 radical (unpaired) electrons. The summed E-state index contributed by atoms with van der Waals surface area (Å²) in [7, 11) is 0. The SMILES string of the molecule is O=C(Cc1ccsc1)Nc1cnn([C@H]2CCOC2)c1. The molecule has 1 amide bonds. The molecule has 0 spiro atoms. The molecular formula is C13H15N3O2S. The Kier molecular flexibility index (Phi) is 3.61. The monoisotopic (exact) mass is 277 g/mol. The first kappa shape index (κ1) is 12.4. The number of rotatable bonds is 4. The van der Waals surface area contributed by atoms with Crippen LogP contribution >= 0.6 is 11.3 Å². The quantitative estimate of drug-likeness (QED) is 0.931. The Morgan fingerprint density at radius 1 is 1.63 bits per heavy atom. The van der Waals surface area contributed by atoms with Gasteiger partial charge in [-0.3, -0.25) is 9.48 Å². The van der Waals surface area contributed by atoms with Crippen molar-refractivity contribution in [3.8, 4) is 0 Å². The van der Waals surface area contributed by atoms with Crippen molar-refractivity contribution in [2.45, 2.75) is 18.9 Å². The number of carbonyl (C=O) groups excluding carboxylic acids is 1. The maximum absolute atomic E-state index is 11.8. The summed E-state index contributed by atoms with van der Waals surface area (Å²) >= 11 is 1.60. The summed E-state index contributed by atoms with van der Waals surface area (Å²) in [4.78, 5) is 11.8. The highest BCUT2D eigenvalue weighted by atomic mass is 32.1. The van der Waals surface area contributed by atoms with Crippen LogP contribution in [0.1, 0.15) is 18.0 Å². The van der Waals surface area contributed by atoms with Crippen LogP contribution in [0.2, 0.25) is 0 Å². The lowest BCUT2D eigenvalue weighted by atomic mass is 10.2. The van der Waals surface area contributed by atoms with Crippen molar-refractivity contribution >= 4 is 22.9 Å². The van der Waals surface area contributed by atoms with Gasteiger partial charge in [-0.05, 0) is 28.8 Å². The van der Waals surface area contributed by atoms with Gasteiger partial charge >= 0.3 is 0 Å². The molecule has 3 rings (SSSR count). The third kappa shape index (κ3) is 3.02. The molecule has 0 aliphatic carbocycles. The van der Waals surface area contributed by atoms with Crippen molar-refractivity contribution in [1.82, 2.24) is 9.78 Å². The van der Waals surface area contributed by atoms with E-state index in [1.54, 1.807) is 17.5 Å². The molecule has 2 aromatic heterocycles. The fourth-order valence-electron chi connectivity index (χ4n) is 2.12. The number of thiophene rings is 1. The number of anilines is 1. The molecule has 6 heteroatoms. The number of carbonyl (C=O) groups is 1. The zero-order valence-corrected chi connectivity index (χ0v) is 11.2. The summed E-state index contributed by atoms with van der Waals surface area (Å²) in [5, 5.41) is 11.1. The van der Waals surface area contributed by atoms with Crippen LogP contribution in [0.3, 0.4) is 0 Å². The Morgan fingerprint density at radius 3 is 3.32 bits per heavy atom. The third-order valence-electron chi connectivity index (χ3n) is 3.11. The number of nitrogens with one attached hydrogen (secondary N) is 1. The molecule has 0 bridgehead atoms. The van der Waals surface area contributed by atoms with Crippen molar-refractivity contribution < 1.29 is 9.53 Å². The summed E-state index contributed by atoms with van der Waals surface area (Å²) in [6, 6.07) is 2.26. The predicted molar refractivity (Wildman–Crippen MR) is 73.4 cm³/mol. The van der Waals surface area contributed by atoms with E-state index >= 15 is 0 Å². The van der Waals surface area contributed by atoms with E-state index in [0.29, 0.717) is 19.1 Å². The van der Waals surface area contributed by atoms with Gasteiger partial charge in [0.25, 0.3) is 0 Å². The van der Waals surface area contributed by atoms with Gasteiger partial charge in [-0.2, -0.15) is 16.4 Å². The van der Waals surface area contributed by atoms with Crippen LogP contribution in [-0.2, 0) is 16.0 Å². The largest absolute Gasteiger partial charge is 0.379 e. The molecule has 3 heterocycles. The zero-order chi connectivity index (χ0) is 13.1. The molecule has 1 saturated heterocycles. The van der Waals surface area contributed by atoms with E-state index in [2.05, 4.69) is 10.4 Å². The van der Waals surface area contributed by atoms with Crippen LogP contribution < -0.4 is 5.32 Å². The van der Waals surface area contributed by atoms with Crippen molar-refractivity contribution in [1.29, 1.82) is 0 Å². The molecule has 0 aromatic carbocycles. The van der Waals surface area contributed by atoms with Gasteiger partial charge in [0.15, 0.2) is 0 Å². The second-order valence-corrected chi connectivity index (χ2v) is 5.36. The van der Waals surface area contributed by atoms with Gasteiger partial charge in [0, 0.05) is 12.8 Å². The lowest BCUT2D eigenvalue weighted by Crippen LogP contribution is -2.13. The number of amides is 1. The maximum Gasteiger partial charge on any atom is 0.228 e. The number of hydrogen-bond acceptors (Lipinski definition) is 4. The van der Waals surface area contributed by atoms with Gasteiger partial charge in [0.1, 0.15) is 0 Å². The first-order valence-corrected chi connectivity index (χ1v) is 7.18. The molecule has 1 aliphatic rings. The molecular weight excluding hydrogens is 262 g/mol. The Hall–Kier alpha value is -1.66. The fraction of sp³-hybridized carbons (Fsp3) is 0.385. The standard InChI is InChI=1S/C13H15N3O2S/c17-13(5-10-2-4-19-9-10)15-11-6-14-16(7-11)12-1-3-18-8-12/h2,4,6-7,9,12H,1,3,5,8H2,(H,15,17)/t12-/m0/s1. The minimum absolute atomic E-state index is 0.0133. The van der Waals surface area contributed by atoms with E-state index in [4.69, 9.17) is 4.74 Å². The summed E-state index contributed by atoms with van der Waals surface area (Å²) < 4.78 is 7.19. The second kappa shape index (κ2) is 5.54. The number of aromatic nitrogens is 2. The zero-order valence-electron chi connectivity index (χ0n) is 10.4. The van der Waals surface area contributed by atoms with E-state index in [9.17, 15) is 4.79 Å². The Labute approximate surface area is 115 Å². The summed E-state index contributed by atoms with van der Waals surface area (Å²) in [5.74, 6) is -0.0133. The summed E-state index contributed by atoms with van der Waals surface area (Å²) in [6.45, 7) is 1.48. The first-order chi connectivity index (χ1) is 9.31. The van der Waals surface area contributed by atoms with Crippen LogP contribution in [0.4, 0.5) is 5.69 Å². The number of hydrogen-bond donors (Lipinski definition) is 1. The Morgan fingerprint density at radius 2 is 2.58 bits per heavy atom. The van der Waals surface area contributed by atoms with Crippen molar-refractivity contribution in [3.05, 3.63) is 34.8 Å². The van der Waals surface area contributed by atoms with Crippen LogP contribution in [0.5, 0.6) is 0 Å². The molecule has 19 heavy (non-hydrogen) atoms. The molecule has 5 nitrogen and oxygen atoms in total. The van der Waals surface area contributed by atoms with E-state index in [-0.39, 0.29) is 5.91 Å². The Balaban J connectivity index is 1.59. The lowest BCUT2D eigenvalue weighted by molar-refractivity contribution is -0.115. The minimum atomic E-state index is -0.0133. The van der Waals surface area contributed by atoms with Crippen LogP contribution in [0.25, 0.3) is 0 Å². The maximum atomic E-state index is 11.8. The van der Waals surface area contributed by atoms with Gasteiger partial charge in [-0.1, -0.05) is 0 Å². The lowest BCUT2D eigenvalue weighted by Gasteiger charge is -2.06. The topological polar surface area (TPSA) is 56.2 Å². The second-order valence-electron chi connectivity index (χ2n) is 4.58. The van der Waals surface area contributed by atoms with Crippen molar-refractivity contribution in [2.24, 2.45) is 0 Å². The minimum Gasteiger partial charge on any atom is -0.379 e. The number of nitrogens with zero attached hydrogens (tertiary/aromatic N) is 2. The molecule has 100 valence electrons. The van der Waals surface area contributed by atoms with Gasteiger partial charge in [0.05, 0.1) is 31.0 Å². The molecule has 1 fully saturated rings. The van der Waals surface area contributed by atoms with Gasteiger partial charge in [0.2, 0.25) is 5.91 Å². The predicted octanol–water partition coefficient (Wildman–Crippen LogP) is 2.09. The normalized spacial score (nSPS) is 18.6. The first-order valence-electron chi connectivity index (χ1n) is 6.24. The van der Waals surface area contributed by atoms with Crippen LogP contribution in [0.15, 0.2) is 29.2 Å². The van der Waals surface area contributed by atoms with E-state index in [0.717, 1.165) is 24.3 Å². The van der Waals surface area contributed by atoms with Crippen molar-refractivity contribution in [2.75, 3.05) is 18.5 Å². The highest BCUT2D eigenvalue weighted by Gasteiger charge is 2.18. The average Bonchev–Trinajstić information content (AvgIpc) is 3.09. The average molecular weight is 277 g/mol. The van der Waals surface area contributed by atoms with E-state index < -0.39 is 0 Å². The van der Waals surface area contributed by atoms with Crippen LogP contribution in [-0.4, -0.2) is 28.9 Å². The molecule has 0 saturated carbocycles. The van der Waals surface area contributed by atoms with E-state index in [1.165, 1.54) is 0 Å². The molecule has 1 aliphatic heterocycles. The van der Waals surface area contributed by atoms with Gasteiger partial charge in [-0.15, -0.1) is 0 Å². The highest BCUT2D eigenvalue weighted by Crippen LogP contribution is 2.19. The number of ether oxygens (including phenoxy) is 1. The summed E-state index contributed by atoms with van der Waals surface area (Å²) in [5.41, 5.74) is 1.78. The van der Waals surface area contributed by atoms with E-state index in [1.807, 2.05) is 27.7 Å². The molecule has 0 unspecified atom stereocenters. The summed E-state index contributed by atoms with van der Waals surface area (Å²) in [6.07, 6.45) is 4.93. The van der Waals surface area contributed by atoms with Gasteiger partial charge < -0.3 is 10.1 Å². The smallest absolute Gasteiger partial charge is 0.228 e. The van der Waals surface area contributed by atoms with Crippen molar-refractivity contribution in [3.63, 3.8) is 0 Å².